The van der Waals surface area contributed by atoms with Crippen molar-refractivity contribution >= 4 is 11.9 Å². The van der Waals surface area contributed by atoms with E-state index < -0.39 is 5.97 Å². The Kier molecular flexibility index (Phi) is 7.59. The van der Waals surface area contributed by atoms with Crippen molar-refractivity contribution in [3.05, 3.63) is 35.4 Å². The number of unbranched alkanes of at least 4 members (excludes halogenated alkanes) is 3. The predicted octanol–water partition coefficient (Wildman–Crippen LogP) is 2.41. The number of nitriles is 1. The zero-order chi connectivity index (χ0) is 15.5. The number of carbonyl (C=O) groups is 2. The zero-order valence-electron chi connectivity index (χ0n) is 12.2. The van der Waals surface area contributed by atoms with Crippen LogP contribution in [0.3, 0.4) is 0 Å². The summed E-state index contributed by atoms with van der Waals surface area (Å²) in [6, 6.07) is 8.12. The Morgan fingerprint density at radius 1 is 1.29 bits per heavy atom. The van der Waals surface area contributed by atoms with Crippen LogP contribution in [0.15, 0.2) is 24.3 Å². The molecule has 0 aliphatic heterocycles. The van der Waals surface area contributed by atoms with E-state index in [4.69, 9.17) is 10.00 Å². The van der Waals surface area contributed by atoms with Crippen LogP contribution in [0.5, 0.6) is 0 Å². The summed E-state index contributed by atoms with van der Waals surface area (Å²) >= 11 is 0. The van der Waals surface area contributed by atoms with Gasteiger partial charge in [0.15, 0.2) is 6.61 Å². The standard InChI is InChI=1S/C16H20N2O3/c1-2-3-4-5-9-18-15(19)12-21-16(20)14-8-6-7-13(10-14)11-17/h6-8,10H,2-5,9,12H2,1H3,(H,18,19). The van der Waals surface area contributed by atoms with Crippen molar-refractivity contribution in [2.45, 2.75) is 32.6 Å². The minimum absolute atomic E-state index is 0.268. The third-order valence-corrected chi connectivity index (χ3v) is 2.91. The number of benzene rings is 1. The Balaban J connectivity index is 2.29. The van der Waals surface area contributed by atoms with E-state index in [1.54, 1.807) is 18.2 Å². The lowest BCUT2D eigenvalue weighted by atomic mass is 10.1. The maximum Gasteiger partial charge on any atom is 0.338 e. The monoisotopic (exact) mass is 288 g/mol. The molecule has 1 rings (SSSR count). The molecule has 1 N–H and O–H groups in total. The fourth-order valence-corrected chi connectivity index (χ4v) is 1.76. The van der Waals surface area contributed by atoms with Crippen molar-refractivity contribution in [2.24, 2.45) is 0 Å². The summed E-state index contributed by atoms with van der Waals surface area (Å²) in [5.74, 6) is -0.912. The van der Waals surface area contributed by atoms with Crippen molar-refractivity contribution in [3.63, 3.8) is 0 Å². The Bertz CT molecular complexity index is 520. The molecule has 0 saturated heterocycles. The highest BCUT2D eigenvalue weighted by Gasteiger charge is 2.10. The number of hydrogen-bond acceptors (Lipinski definition) is 4. The molecular formula is C16H20N2O3. The molecule has 0 saturated carbocycles. The van der Waals surface area contributed by atoms with Gasteiger partial charge in [-0.3, -0.25) is 4.79 Å². The summed E-state index contributed by atoms with van der Waals surface area (Å²) < 4.78 is 4.91. The predicted molar refractivity (Wildman–Crippen MR) is 78.6 cm³/mol. The number of amides is 1. The molecule has 0 unspecified atom stereocenters. The molecule has 0 bridgehead atoms. The summed E-state index contributed by atoms with van der Waals surface area (Å²) in [6.45, 7) is 2.42. The highest BCUT2D eigenvalue weighted by atomic mass is 16.5. The molecule has 0 fully saturated rings. The van der Waals surface area contributed by atoms with Crippen molar-refractivity contribution in [1.82, 2.24) is 5.32 Å². The lowest BCUT2D eigenvalue weighted by molar-refractivity contribution is -0.124. The zero-order valence-corrected chi connectivity index (χ0v) is 12.2. The minimum atomic E-state index is -0.603. The second-order valence-electron chi connectivity index (χ2n) is 4.68. The van der Waals surface area contributed by atoms with Crippen molar-refractivity contribution in [1.29, 1.82) is 5.26 Å². The molecule has 1 amide bonds. The van der Waals surface area contributed by atoms with Gasteiger partial charge in [0.2, 0.25) is 0 Å². The molecule has 0 aliphatic carbocycles. The molecule has 5 nitrogen and oxygen atoms in total. The number of esters is 1. The fraction of sp³-hybridized carbons (Fsp3) is 0.438. The second-order valence-corrected chi connectivity index (χ2v) is 4.68. The highest BCUT2D eigenvalue weighted by molar-refractivity contribution is 5.91. The second kappa shape index (κ2) is 9.54. The molecule has 0 aliphatic rings. The summed E-state index contributed by atoms with van der Waals surface area (Å²) in [6.07, 6.45) is 4.31. The minimum Gasteiger partial charge on any atom is -0.452 e. The molecule has 1 aromatic carbocycles. The van der Waals surface area contributed by atoms with E-state index in [9.17, 15) is 9.59 Å². The molecule has 21 heavy (non-hydrogen) atoms. The van der Waals surface area contributed by atoms with Gasteiger partial charge in [0, 0.05) is 6.54 Å². The number of ether oxygens (including phenoxy) is 1. The quantitative estimate of drug-likeness (QED) is 0.588. The number of carbonyl (C=O) groups excluding carboxylic acids is 2. The number of hydrogen-bond donors (Lipinski definition) is 1. The van der Waals surface area contributed by atoms with Crippen LogP contribution in [0.2, 0.25) is 0 Å². The van der Waals surface area contributed by atoms with Gasteiger partial charge in [-0.15, -0.1) is 0 Å². The van der Waals surface area contributed by atoms with Crippen LogP contribution in [-0.4, -0.2) is 25.0 Å². The summed E-state index contributed by atoms with van der Waals surface area (Å²) in [5.41, 5.74) is 0.648. The van der Waals surface area contributed by atoms with Gasteiger partial charge in [-0.05, 0) is 24.6 Å². The van der Waals surface area contributed by atoms with E-state index in [0.29, 0.717) is 12.1 Å². The van der Waals surface area contributed by atoms with Crippen LogP contribution >= 0.6 is 0 Å². The number of nitrogens with one attached hydrogen (secondary N) is 1. The average Bonchev–Trinajstić information content (AvgIpc) is 2.52. The maximum absolute atomic E-state index is 11.7. The maximum atomic E-state index is 11.7. The first-order valence-electron chi connectivity index (χ1n) is 7.11. The fourth-order valence-electron chi connectivity index (χ4n) is 1.76. The Hall–Kier alpha value is -2.35. The van der Waals surface area contributed by atoms with Gasteiger partial charge in [-0.1, -0.05) is 32.3 Å². The third kappa shape index (κ3) is 6.57. The van der Waals surface area contributed by atoms with Crippen LogP contribution in [0, 0.1) is 11.3 Å². The first-order chi connectivity index (χ1) is 10.2. The molecule has 112 valence electrons. The van der Waals surface area contributed by atoms with Crippen molar-refractivity contribution < 1.29 is 14.3 Å². The Labute approximate surface area is 124 Å². The van der Waals surface area contributed by atoms with Gasteiger partial charge in [0.1, 0.15) is 0 Å². The molecule has 0 radical (unpaired) electrons. The topological polar surface area (TPSA) is 79.2 Å². The van der Waals surface area contributed by atoms with Crippen LogP contribution in [-0.2, 0) is 9.53 Å². The van der Waals surface area contributed by atoms with Crippen LogP contribution in [0.1, 0.15) is 48.5 Å². The van der Waals surface area contributed by atoms with E-state index in [1.165, 1.54) is 6.07 Å². The van der Waals surface area contributed by atoms with E-state index >= 15 is 0 Å². The van der Waals surface area contributed by atoms with Gasteiger partial charge in [0.25, 0.3) is 5.91 Å². The van der Waals surface area contributed by atoms with E-state index in [1.807, 2.05) is 6.07 Å². The van der Waals surface area contributed by atoms with E-state index in [-0.39, 0.29) is 18.1 Å². The summed E-state index contributed by atoms with van der Waals surface area (Å²) in [4.78, 5) is 23.2. The van der Waals surface area contributed by atoms with Crippen LogP contribution < -0.4 is 5.32 Å². The normalized spacial score (nSPS) is 9.71. The molecule has 0 heterocycles. The molecular weight excluding hydrogens is 268 g/mol. The Morgan fingerprint density at radius 2 is 2.10 bits per heavy atom. The lowest BCUT2D eigenvalue weighted by Gasteiger charge is -2.06. The highest BCUT2D eigenvalue weighted by Crippen LogP contribution is 2.05. The molecule has 1 aromatic rings. The number of nitrogens with zero attached hydrogens (tertiary/aromatic N) is 1. The molecule has 0 aromatic heterocycles. The van der Waals surface area contributed by atoms with Gasteiger partial charge < -0.3 is 10.1 Å². The van der Waals surface area contributed by atoms with Crippen molar-refractivity contribution in [2.75, 3.05) is 13.2 Å². The largest absolute Gasteiger partial charge is 0.452 e. The van der Waals surface area contributed by atoms with Crippen LogP contribution in [0.25, 0.3) is 0 Å². The summed E-state index contributed by atoms with van der Waals surface area (Å²) in [7, 11) is 0. The molecule has 0 atom stereocenters. The van der Waals surface area contributed by atoms with Gasteiger partial charge in [-0.25, -0.2) is 4.79 Å². The van der Waals surface area contributed by atoms with Gasteiger partial charge >= 0.3 is 5.97 Å². The van der Waals surface area contributed by atoms with Gasteiger partial charge in [0.05, 0.1) is 17.2 Å². The average molecular weight is 288 g/mol. The van der Waals surface area contributed by atoms with E-state index in [0.717, 1.165) is 25.7 Å². The first kappa shape index (κ1) is 16.7. The molecule has 5 heteroatoms. The first-order valence-corrected chi connectivity index (χ1v) is 7.11. The van der Waals surface area contributed by atoms with Crippen molar-refractivity contribution in [3.8, 4) is 6.07 Å². The third-order valence-electron chi connectivity index (χ3n) is 2.91. The Morgan fingerprint density at radius 3 is 2.81 bits per heavy atom. The van der Waals surface area contributed by atoms with Crippen LogP contribution in [0.4, 0.5) is 0 Å². The smallest absolute Gasteiger partial charge is 0.338 e. The number of rotatable bonds is 8. The summed E-state index contributed by atoms with van der Waals surface area (Å²) in [5, 5.41) is 11.5. The SMILES string of the molecule is CCCCCCNC(=O)COC(=O)c1cccc(C#N)c1. The lowest BCUT2D eigenvalue weighted by Crippen LogP contribution is -2.29. The van der Waals surface area contributed by atoms with E-state index in [2.05, 4.69) is 12.2 Å². The van der Waals surface area contributed by atoms with Gasteiger partial charge in [-0.2, -0.15) is 5.26 Å². The molecule has 0 spiro atoms.